The number of rotatable bonds is 5. The van der Waals surface area contributed by atoms with Crippen LogP contribution in [0.15, 0.2) is 0 Å². The molecule has 0 fully saturated rings. The topological polar surface area (TPSA) is 67.5 Å². The van der Waals surface area contributed by atoms with Crippen LogP contribution in [0.1, 0.15) is 6.42 Å². The van der Waals surface area contributed by atoms with Crippen molar-refractivity contribution in [3.63, 3.8) is 0 Å². The first kappa shape index (κ1) is 10.2. The molecule has 0 aliphatic rings. The van der Waals surface area contributed by atoms with Gasteiger partial charge >= 0.3 is 0 Å². The van der Waals surface area contributed by atoms with Crippen molar-refractivity contribution in [1.82, 2.24) is 5.32 Å². The van der Waals surface area contributed by atoms with Gasteiger partial charge in [0.2, 0.25) is 0 Å². The SMILES string of the molecule is CNCCCS(N)(O)OC. The van der Waals surface area contributed by atoms with Crippen molar-refractivity contribution in [2.45, 2.75) is 6.42 Å². The van der Waals surface area contributed by atoms with E-state index in [2.05, 4.69) is 9.50 Å². The van der Waals surface area contributed by atoms with Crippen molar-refractivity contribution < 1.29 is 8.74 Å². The highest BCUT2D eigenvalue weighted by Crippen LogP contribution is 2.34. The van der Waals surface area contributed by atoms with Gasteiger partial charge in [-0.25, -0.2) is 5.14 Å². The van der Waals surface area contributed by atoms with Crippen molar-refractivity contribution >= 4 is 10.8 Å². The molecule has 0 bridgehead atoms. The van der Waals surface area contributed by atoms with E-state index in [-0.39, 0.29) is 0 Å². The molecule has 0 spiro atoms. The largest absolute Gasteiger partial charge is 0.320 e. The number of nitrogens with two attached hydrogens (primary N) is 1. The molecular formula is C5H16N2O2S. The zero-order valence-corrected chi connectivity index (χ0v) is 7.28. The van der Waals surface area contributed by atoms with E-state index in [1.807, 2.05) is 7.05 Å². The normalized spacial score (nSPS) is 20.0. The Kier molecular flexibility index (Phi) is 5.02. The Balaban J connectivity index is 3.28. The van der Waals surface area contributed by atoms with E-state index >= 15 is 0 Å². The summed E-state index contributed by atoms with van der Waals surface area (Å²) in [6.07, 6.45) is 0.840. The standard InChI is InChI=1S/C5H16N2O2S/c1-7-4-3-5-10(6,8)9-2/h7-8H,3-6H2,1-2H3. The molecule has 5 heteroatoms. The summed E-state index contributed by atoms with van der Waals surface area (Å²) < 4.78 is 13.8. The quantitative estimate of drug-likeness (QED) is 0.517. The number of nitrogens with one attached hydrogen (secondary N) is 1. The van der Waals surface area contributed by atoms with Gasteiger partial charge in [-0.15, -0.1) is 10.8 Å². The maximum atomic E-state index is 9.16. The first-order valence-electron chi connectivity index (χ1n) is 3.14. The molecule has 0 saturated heterocycles. The Morgan fingerprint density at radius 3 is 2.70 bits per heavy atom. The summed E-state index contributed by atoms with van der Waals surface area (Å²) in [5, 5.41) is 8.30. The van der Waals surface area contributed by atoms with Gasteiger partial charge in [0.15, 0.2) is 0 Å². The average Bonchev–Trinajstić information content (AvgIpc) is 1.89. The predicted octanol–water partition coefficient (Wildman–Crippen LogP) is 0.309. The number of hydrogen-bond donors (Lipinski definition) is 3. The number of hydrogen-bond acceptors (Lipinski definition) is 4. The maximum absolute atomic E-state index is 9.16. The van der Waals surface area contributed by atoms with E-state index in [9.17, 15) is 0 Å². The van der Waals surface area contributed by atoms with Crippen LogP contribution in [0.25, 0.3) is 0 Å². The summed E-state index contributed by atoms with van der Waals surface area (Å²) in [7, 11) is 1.05. The van der Waals surface area contributed by atoms with Gasteiger partial charge < -0.3 is 5.32 Å². The second-order valence-corrected chi connectivity index (χ2v) is 4.14. The van der Waals surface area contributed by atoms with E-state index in [4.69, 9.17) is 9.69 Å². The molecule has 1 unspecified atom stereocenters. The molecule has 10 heavy (non-hydrogen) atoms. The van der Waals surface area contributed by atoms with Crippen LogP contribution in [-0.2, 0) is 4.18 Å². The summed E-state index contributed by atoms with van der Waals surface area (Å²) in [6.45, 7) is 0.857. The minimum absolute atomic E-state index is 0.532. The van der Waals surface area contributed by atoms with Crippen molar-refractivity contribution in [1.29, 1.82) is 0 Å². The molecule has 4 N–H and O–H groups in total. The average molecular weight is 168 g/mol. The molecule has 0 saturated carbocycles. The molecule has 0 aromatic heterocycles. The summed E-state index contributed by atoms with van der Waals surface area (Å²) in [5.74, 6) is 0.532. The monoisotopic (exact) mass is 168 g/mol. The van der Waals surface area contributed by atoms with E-state index in [0.29, 0.717) is 5.75 Å². The molecule has 0 radical (unpaired) electrons. The molecule has 0 heterocycles. The van der Waals surface area contributed by atoms with Crippen LogP contribution in [0.5, 0.6) is 0 Å². The zero-order valence-electron chi connectivity index (χ0n) is 6.46. The van der Waals surface area contributed by atoms with Crippen molar-refractivity contribution in [3.05, 3.63) is 0 Å². The molecule has 0 aliphatic heterocycles. The second kappa shape index (κ2) is 4.92. The maximum Gasteiger partial charge on any atom is 0.0619 e. The lowest BCUT2D eigenvalue weighted by molar-refractivity contribution is 0.395. The smallest absolute Gasteiger partial charge is 0.0619 e. The third kappa shape index (κ3) is 5.01. The third-order valence-corrected chi connectivity index (χ3v) is 2.60. The van der Waals surface area contributed by atoms with Gasteiger partial charge in [0.25, 0.3) is 0 Å². The van der Waals surface area contributed by atoms with Gasteiger partial charge in [0, 0.05) is 0 Å². The van der Waals surface area contributed by atoms with Gasteiger partial charge in [0.1, 0.15) is 0 Å². The van der Waals surface area contributed by atoms with Crippen LogP contribution in [0, 0.1) is 0 Å². The summed E-state index contributed by atoms with van der Waals surface area (Å²) in [4.78, 5) is 0. The Morgan fingerprint density at radius 1 is 1.70 bits per heavy atom. The third-order valence-electron chi connectivity index (χ3n) is 1.15. The van der Waals surface area contributed by atoms with Crippen LogP contribution in [0.4, 0.5) is 0 Å². The van der Waals surface area contributed by atoms with Crippen LogP contribution >= 0.6 is 10.8 Å². The lowest BCUT2D eigenvalue weighted by atomic mass is 10.5. The fraction of sp³-hybridized carbons (Fsp3) is 1.00. The minimum atomic E-state index is -2.23. The van der Waals surface area contributed by atoms with Crippen molar-refractivity contribution in [2.75, 3.05) is 26.5 Å². The van der Waals surface area contributed by atoms with Crippen LogP contribution in [-0.4, -0.2) is 31.0 Å². The van der Waals surface area contributed by atoms with Gasteiger partial charge in [-0.2, -0.15) is 0 Å². The highest BCUT2D eigenvalue weighted by molar-refractivity contribution is 8.23. The van der Waals surface area contributed by atoms with E-state index in [0.717, 1.165) is 13.0 Å². The minimum Gasteiger partial charge on any atom is -0.320 e. The predicted molar refractivity (Wildman–Crippen MR) is 44.8 cm³/mol. The molecule has 1 atom stereocenters. The van der Waals surface area contributed by atoms with Crippen molar-refractivity contribution in [2.24, 2.45) is 5.14 Å². The molecule has 4 nitrogen and oxygen atoms in total. The van der Waals surface area contributed by atoms with Crippen LogP contribution < -0.4 is 10.5 Å². The highest BCUT2D eigenvalue weighted by atomic mass is 32.3. The molecule has 0 aromatic carbocycles. The summed E-state index contributed by atoms with van der Waals surface area (Å²) in [5.41, 5.74) is 0. The first-order chi connectivity index (χ1) is 4.62. The Morgan fingerprint density at radius 2 is 2.30 bits per heavy atom. The first-order valence-corrected chi connectivity index (χ1v) is 4.88. The Labute approximate surface area is 63.6 Å². The molecule has 0 aromatic rings. The second-order valence-electron chi connectivity index (χ2n) is 2.02. The van der Waals surface area contributed by atoms with Gasteiger partial charge in [-0.1, -0.05) is 0 Å². The van der Waals surface area contributed by atoms with Gasteiger partial charge in [-0.05, 0) is 20.0 Å². The highest BCUT2D eigenvalue weighted by Gasteiger charge is 2.05. The molecule has 0 rings (SSSR count). The summed E-state index contributed by atoms with van der Waals surface area (Å²) >= 11 is 0. The molecule has 0 amide bonds. The zero-order chi connectivity index (χ0) is 8.04. The van der Waals surface area contributed by atoms with Gasteiger partial charge in [-0.3, -0.25) is 8.74 Å². The van der Waals surface area contributed by atoms with Crippen LogP contribution in [0.3, 0.4) is 0 Å². The van der Waals surface area contributed by atoms with Gasteiger partial charge in [0.05, 0.1) is 12.9 Å². The van der Waals surface area contributed by atoms with E-state index in [1.54, 1.807) is 0 Å². The Hall–Kier alpha value is 0.190. The van der Waals surface area contributed by atoms with E-state index in [1.165, 1.54) is 7.11 Å². The lowest BCUT2D eigenvalue weighted by Crippen LogP contribution is -2.19. The molecule has 64 valence electrons. The fourth-order valence-electron chi connectivity index (χ4n) is 0.539. The van der Waals surface area contributed by atoms with E-state index < -0.39 is 10.8 Å². The Bertz CT molecular complexity index is 89.7. The molecule has 0 aliphatic carbocycles. The molecular weight excluding hydrogens is 152 g/mol. The summed E-state index contributed by atoms with van der Waals surface area (Å²) in [6, 6.07) is 0. The lowest BCUT2D eigenvalue weighted by Gasteiger charge is -2.30. The van der Waals surface area contributed by atoms with Crippen molar-refractivity contribution in [3.8, 4) is 0 Å². The van der Waals surface area contributed by atoms with Crippen LogP contribution in [0.2, 0.25) is 0 Å². The fourth-order valence-corrected chi connectivity index (χ4v) is 1.26.